The van der Waals surface area contributed by atoms with Crippen molar-refractivity contribution in [1.29, 1.82) is 0 Å². The van der Waals surface area contributed by atoms with E-state index in [4.69, 9.17) is 4.74 Å². The summed E-state index contributed by atoms with van der Waals surface area (Å²) in [6, 6.07) is 19.8. The van der Waals surface area contributed by atoms with Crippen LogP contribution >= 0.6 is 0 Å². The lowest BCUT2D eigenvalue weighted by Crippen LogP contribution is -2.45. The number of rotatable bonds is 7. The van der Waals surface area contributed by atoms with Gasteiger partial charge in [-0.1, -0.05) is 72.8 Å². The van der Waals surface area contributed by atoms with Crippen LogP contribution < -0.4 is 5.32 Å². The monoisotopic (exact) mass is 547 g/mol. The average Bonchev–Trinajstić information content (AvgIpc) is 3.44. The van der Waals surface area contributed by atoms with Gasteiger partial charge in [0.15, 0.2) is 0 Å². The Balaban J connectivity index is 1.51. The highest BCUT2D eigenvalue weighted by Crippen LogP contribution is 2.30. The molecule has 2 aliphatic rings. The van der Waals surface area contributed by atoms with E-state index in [1.54, 1.807) is 31.3 Å². The standard InChI is InChI=1S/C32H29N5O4/c1-36-27(17-19-33-36)31(38)35-30(29(23-9-5-3-6-10-23)24-11-7-4-8-12-24)32(39)34-25-15-13-22(14-16-25)26-18-20-37(40)21-28(26)41-2/h3-21,29-30,40H,1-2H3,(H,35,38). The SMILES string of the molecule is COC1=CN(O)C=CC1=C1C=CC(=NC(=O)C(NC(=O)c2ccnn2C)C(c2ccccc2)c2ccccc2)C=C1. The van der Waals surface area contributed by atoms with Crippen molar-refractivity contribution in [3.63, 3.8) is 0 Å². The van der Waals surface area contributed by atoms with Crippen molar-refractivity contribution in [3.8, 4) is 0 Å². The van der Waals surface area contributed by atoms with E-state index in [-0.39, 0.29) is 0 Å². The van der Waals surface area contributed by atoms with Crippen LogP contribution in [0.3, 0.4) is 0 Å². The zero-order valence-electron chi connectivity index (χ0n) is 22.6. The predicted molar refractivity (Wildman–Crippen MR) is 155 cm³/mol. The molecule has 1 atom stereocenters. The second kappa shape index (κ2) is 12.3. The minimum Gasteiger partial charge on any atom is -0.494 e. The van der Waals surface area contributed by atoms with E-state index in [2.05, 4.69) is 15.4 Å². The smallest absolute Gasteiger partial charge is 0.270 e. The summed E-state index contributed by atoms with van der Waals surface area (Å²) in [5, 5.41) is 17.7. The molecule has 3 aromatic rings. The van der Waals surface area contributed by atoms with Crippen LogP contribution in [0.15, 0.2) is 138 Å². The molecule has 9 nitrogen and oxygen atoms in total. The van der Waals surface area contributed by atoms with Crippen molar-refractivity contribution in [2.24, 2.45) is 12.0 Å². The molecule has 0 radical (unpaired) electrons. The molecule has 0 fully saturated rings. The number of allylic oxidation sites excluding steroid dienone is 6. The average molecular weight is 548 g/mol. The summed E-state index contributed by atoms with van der Waals surface area (Å²) in [7, 11) is 3.20. The van der Waals surface area contributed by atoms with Gasteiger partial charge in [-0.2, -0.15) is 5.10 Å². The van der Waals surface area contributed by atoms with Crippen LogP contribution in [-0.4, -0.2) is 50.7 Å². The fourth-order valence-corrected chi connectivity index (χ4v) is 4.78. The van der Waals surface area contributed by atoms with Crippen LogP contribution in [-0.2, 0) is 16.6 Å². The van der Waals surface area contributed by atoms with Gasteiger partial charge < -0.3 is 10.1 Å². The molecule has 0 saturated heterocycles. The number of hydrogen-bond donors (Lipinski definition) is 2. The number of nitrogens with one attached hydrogen (secondary N) is 1. The maximum atomic E-state index is 13.9. The minimum atomic E-state index is -1.00. The van der Waals surface area contributed by atoms with Gasteiger partial charge in [0.05, 0.1) is 19.0 Å². The zero-order valence-corrected chi connectivity index (χ0v) is 22.6. The number of carbonyl (C=O) groups is 2. The van der Waals surface area contributed by atoms with Crippen molar-refractivity contribution in [3.05, 3.63) is 149 Å². The first kappa shape index (κ1) is 27.3. The molecule has 0 bridgehead atoms. The number of methoxy groups -OCH3 is 1. The van der Waals surface area contributed by atoms with Gasteiger partial charge in [-0.3, -0.25) is 19.5 Å². The maximum Gasteiger partial charge on any atom is 0.270 e. The van der Waals surface area contributed by atoms with Crippen LogP contribution in [0, 0.1) is 0 Å². The normalized spacial score (nSPS) is 15.2. The Morgan fingerprint density at radius 3 is 2.12 bits per heavy atom. The quantitative estimate of drug-likeness (QED) is 0.453. The van der Waals surface area contributed by atoms with E-state index in [1.165, 1.54) is 30.4 Å². The molecule has 2 N–H and O–H groups in total. The third-order valence-corrected chi connectivity index (χ3v) is 6.80. The van der Waals surface area contributed by atoms with Gasteiger partial charge in [-0.05, 0) is 41.0 Å². The van der Waals surface area contributed by atoms with Crippen LogP contribution in [0.25, 0.3) is 0 Å². The molecule has 0 spiro atoms. The Hall–Kier alpha value is -5.28. The summed E-state index contributed by atoms with van der Waals surface area (Å²) < 4.78 is 6.85. The van der Waals surface area contributed by atoms with Gasteiger partial charge in [-0.25, -0.2) is 10.1 Å². The van der Waals surface area contributed by atoms with Crippen molar-refractivity contribution in [2.75, 3.05) is 7.11 Å². The fourth-order valence-electron chi connectivity index (χ4n) is 4.78. The van der Waals surface area contributed by atoms with Gasteiger partial charge in [0, 0.05) is 30.9 Å². The molecule has 0 saturated carbocycles. The second-order valence-electron chi connectivity index (χ2n) is 9.39. The van der Waals surface area contributed by atoms with Gasteiger partial charge in [0.25, 0.3) is 11.8 Å². The summed E-state index contributed by atoms with van der Waals surface area (Å²) in [5.41, 5.74) is 4.08. The highest BCUT2D eigenvalue weighted by Gasteiger charge is 2.33. The van der Waals surface area contributed by atoms with Gasteiger partial charge in [0.2, 0.25) is 0 Å². The van der Waals surface area contributed by atoms with Gasteiger partial charge in [-0.15, -0.1) is 0 Å². The molecule has 9 heteroatoms. The third kappa shape index (κ3) is 6.15. The predicted octanol–water partition coefficient (Wildman–Crippen LogP) is 4.45. The van der Waals surface area contributed by atoms with Crippen LogP contribution in [0.4, 0.5) is 0 Å². The number of carbonyl (C=O) groups excluding carboxylic acids is 2. The molecule has 1 aliphatic carbocycles. The summed E-state index contributed by atoms with van der Waals surface area (Å²) in [6.07, 6.45) is 13.3. The first-order chi connectivity index (χ1) is 19.9. The van der Waals surface area contributed by atoms with Crippen molar-refractivity contribution >= 4 is 17.5 Å². The van der Waals surface area contributed by atoms with E-state index >= 15 is 0 Å². The number of aryl methyl sites for hydroxylation is 1. The van der Waals surface area contributed by atoms with Crippen LogP contribution in [0.2, 0.25) is 0 Å². The van der Waals surface area contributed by atoms with E-state index < -0.39 is 23.8 Å². The number of nitrogens with zero attached hydrogens (tertiary/aromatic N) is 4. The molecule has 2 heterocycles. The number of aliphatic imine (C=N–C) groups is 1. The number of ether oxygens (including phenoxy) is 1. The summed E-state index contributed by atoms with van der Waals surface area (Å²) in [5.74, 6) is -0.932. The second-order valence-corrected chi connectivity index (χ2v) is 9.39. The minimum absolute atomic E-state index is 0.327. The molecular weight excluding hydrogens is 518 g/mol. The topological polar surface area (TPSA) is 109 Å². The van der Waals surface area contributed by atoms with Crippen molar-refractivity contribution in [2.45, 2.75) is 12.0 Å². The molecule has 2 aromatic carbocycles. The Morgan fingerprint density at radius 1 is 0.927 bits per heavy atom. The van der Waals surface area contributed by atoms with Crippen molar-refractivity contribution < 1.29 is 19.5 Å². The number of benzene rings is 2. The summed E-state index contributed by atoms with van der Waals surface area (Å²) >= 11 is 0. The van der Waals surface area contributed by atoms with E-state index in [1.807, 2.05) is 72.8 Å². The summed E-state index contributed by atoms with van der Waals surface area (Å²) in [4.78, 5) is 31.7. The largest absolute Gasteiger partial charge is 0.494 e. The molecule has 1 unspecified atom stereocenters. The van der Waals surface area contributed by atoms with Crippen LogP contribution in [0.1, 0.15) is 27.5 Å². The number of aromatic nitrogens is 2. The number of hydrogen-bond acceptors (Lipinski definition) is 6. The van der Waals surface area contributed by atoms with E-state index in [0.29, 0.717) is 17.2 Å². The van der Waals surface area contributed by atoms with Gasteiger partial charge >= 0.3 is 0 Å². The number of hydroxylamine groups is 2. The zero-order chi connectivity index (χ0) is 28.8. The lowest BCUT2D eigenvalue weighted by Gasteiger charge is -2.27. The van der Waals surface area contributed by atoms with E-state index in [0.717, 1.165) is 27.3 Å². The summed E-state index contributed by atoms with van der Waals surface area (Å²) in [6.45, 7) is 0. The fraction of sp³-hybridized carbons (Fsp3) is 0.125. The van der Waals surface area contributed by atoms with Gasteiger partial charge in [0.1, 0.15) is 17.5 Å². The molecule has 41 heavy (non-hydrogen) atoms. The maximum absolute atomic E-state index is 13.9. The lowest BCUT2D eigenvalue weighted by molar-refractivity contribution is -0.119. The highest BCUT2D eigenvalue weighted by atomic mass is 16.5. The molecule has 206 valence electrons. The Morgan fingerprint density at radius 2 is 1.56 bits per heavy atom. The molecule has 1 aromatic heterocycles. The molecule has 1 aliphatic heterocycles. The first-order valence-electron chi connectivity index (χ1n) is 13.0. The molecule has 2 amide bonds. The Labute approximate surface area is 237 Å². The highest BCUT2D eigenvalue weighted by molar-refractivity contribution is 6.12. The van der Waals surface area contributed by atoms with E-state index in [9.17, 15) is 14.8 Å². The lowest BCUT2D eigenvalue weighted by atomic mass is 9.84. The Kier molecular flexibility index (Phi) is 8.17. The molecule has 5 rings (SSSR count). The molecular formula is C32H29N5O4. The Bertz CT molecular complexity index is 1560. The third-order valence-electron chi connectivity index (χ3n) is 6.80. The van der Waals surface area contributed by atoms with Crippen molar-refractivity contribution in [1.82, 2.24) is 20.2 Å². The number of amides is 2. The van der Waals surface area contributed by atoms with Crippen LogP contribution in [0.5, 0.6) is 0 Å². The first-order valence-corrected chi connectivity index (χ1v) is 13.0.